The zero-order valence-electron chi connectivity index (χ0n) is 16.1. The van der Waals surface area contributed by atoms with E-state index in [1.165, 1.54) is 17.3 Å². The minimum atomic E-state index is -1.16. The third kappa shape index (κ3) is 3.75. The van der Waals surface area contributed by atoms with E-state index in [2.05, 4.69) is 10.7 Å². The summed E-state index contributed by atoms with van der Waals surface area (Å²) in [6.07, 6.45) is 0.380. The Morgan fingerprint density at radius 2 is 1.82 bits per heavy atom. The standard InChI is InChI=1S/C21H23N3O3S/c1-4-21(16-8-6-5-7-9-16)19(26)24(20(27)22-21)23-18(25)13-28-17-11-10-14(2)15(3)12-17/h5-12H,4,13H2,1-3H3,(H,22,27)(H,23,25)/t21-/m0/s1. The van der Waals surface area contributed by atoms with Crippen LogP contribution in [0.4, 0.5) is 4.79 Å². The molecule has 2 N–H and O–H groups in total. The molecule has 0 aromatic heterocycles. The molecule has 1 heterocycles. The van der Waals surface area contributed by atoms with Gasteiger partial charge in [-0.25, -0.2) is 4.79 Å². The molecule has 2 aromatic rings. The number of hydrogen-bond donors (Lipinski definition) is 2. The van der Waals surface area contributed by atoms with Crippen LogP contribution in [0.1, 0.15) is 30.0 Å². The van der Waals surface area contributed by atoms with Crippen LogP contribution in [-0.2, 0) is 15.1 Å². The van der Waals surface area contributed by atoms with E-state index in [-0.39, 0.29) is 5.75 Å². The van der Waals surface area contributed by atoms with E-state index >= 15 is 0 Å². The van der Waals surface area contributed by atoms with Crippen LogP contribution in [-0.4, -0.2) is 28.6 Å². The molecule has 0 saturated carbocycles. The largest absolute Gasteiger partial charge is 0.344 e. The molecule has 0 spiro atoms. The number of urea groups is 1. The fourth-order valence-corrected chi connectivity index (χ4v) is 3.93. The molecule has 1 aliphatic rings. The Hall–Kier alpha value is -2.80. The number of nitrogens with zero attached hydrogens (tertiary/aromatic N) is 1. The summed E-state index contributed by atoms with van der Waals surface area (Å²) in [7, 11) is 0. The summed E-state index contributed by atoms with van der Waals surface area (Å²) in [6, 6.07) is 14.4. The Labute approximate surface area is 168 Å². The van der Waals surface area contributed by atoms with Crippen LogP contribution in [0.2, 0.25) is 0 Å². The molecule has 2 aromatic carbocycles. The van der Waals surface area contributed by atoms with E-state index in [9.17, 15) is 14.4 Å². The average Bonchev–Trinajstić information content (AvgIpc) is 2.94. The number of amides is 4. The third-order valence-corrected chi connectivity index (χ3v) is 5.97. The highest BCUT2D eigenvalue weighted by Gasteiger charge is 2.52. The van der Waals surface area contributed by atoms with Crippen LogP contribution in [0.15, 0.2) is 53.4 Å². The number of imide groups is 1. The predicted molar refractivity (Wildman–Crippen MR) is 109 cm³/mol. The molecular weight excluding hydrogens is 374 g/mol. The second kappa shape index (κ2) is 8.06. The minimum Gasteiger partial charge on any atom is -0.318 e. The maximum Gasteiger partial charge on any atom is 0.344 e. The molecule has 0 radical (unpaired) electrons. The number of hydrogen-bond acceptors (Lipinski definition) is 4. The van der Waals surface area contributed by atoms with Crippen molar-refractivity contribution >= 4 is 29.6 Å². The van der Waals surface area contributed by atoms with Gasteiger partial charge in [0.05, 0.1) is 5.75 Å². The van der Waals surface area contributed by atoms with E-state index in [4.69, 9.17) is 0 Å². The Kier molecular flexibility index (Phi) is 5.74. The number of rotatable bonds is 6. The number of thioether (sulfide) groups is 1. The summed E-state index contributed by atoms with van der Waals surface area (Å²) in [5.41, 5.74) is 4.31. The van der Waals surface area contributed by atoms with Gasteiger partial charge >= 0.3 is 6.03 Å². The van der Waals surface area contributed by atoms with Gasteiger partial charge in [-0.1, -0.05) is 43.3 Å². The number of aryl methyl sites for hydroxylation is 2. The molecular formula is C21H23N3O3S. The Bertz CT molecular complexity index is 916. The van der Waals surface area contributed by atoms with Crippen molar-refractivity contribution < 1.29 is 14.4 Å². The van der Waals surface area contributed by atoms with Crippen LogP contribution < -0.4 is 10.7 Å². The number of carbonyl (C=O) groups excluding carboxylic acids is 3. The smallest absolute Gasteiger partial charge is 0.318 e. The third-order valence-electron chi connectivity index (χ3n) is 4.97. The van der Waals surface area contributed by atoms with Crippen LogP contribution in [0.5, 0.6) is 0 Å². The summed E-state index contributed by atoms with van der Waals surface area (Å²) in [5, 5.41) is 3.53. The van der Waals surface area contributed by atoms with Crippen molar-refractivity contribution in [1.29, 1.82) is 0 Å². The zero-order valence-corrected chi connectivity index (χ0v) is 16.9. The summed E-state index contributed by atoms with van der Waals surface area (Å²) in [5.74, 6) is -0.785. The summed E-state index contributed by atoms with van der Waals surface area (Å²) in [4.78, 5) is 38.7. The first kappa shape index (κ1) is 19.9. The van der Waals surface area contributed by atoms with Gasteiger partial charge in [0.15, 0.2) is 0 Å². The lowest BCUT2D eigenvalue weighted by Crippen LogP contribution is -2.49. The van der Waals surface area contributed by atoms with Gasteiger partial charge in [-0.3, -0.25) is 15.0 Å². The van der Waals surface area contributed by atoms with Crippen molar-refractivity contribution in [3.63, 3.8) is 0 Å². The van der Waals surface area contributed by atoms with E-state index in [1.807, 2.05) is 57.2 Å². The maximum absolute atomic E-state index is 13.0. The quantitative estimate of drug-likeness (QED) is 0.579. The van der Waals surface area contributed by atoms with Gasteiger partial charge in [0, 0.05) is 4.90 Å². The summed E-state index contributed by atoms with van der Waals surface area (Å²) >= 11 is 1.36. The molecule has 6 nitrogen and oxygen atoms in total. The maximum atomic E-state index is 13.0. The van der Waals surface area contributed by atoms with Gasteiger partial charge < -0.3 is 5.32 Å². The Morgan fingerprint density at radius 3 is 2.46 bits per heavy atom. The fraction of sp³-hybridized carbons (Fsp3) is 0.286. The lowest BCUT2D eigenvalue weighted by molar-refractivity contribution is -0.138. The van der Waals surface area contributed by atoms with E-state index in [0.29, 0.717) is 12.0 Å². The Morgan fingerprint density at radius 1 is 1.11 bits per heavy atom. The normalized spacial score (nSPS) is 18.9. The molecule has 3 rings (SSSR count). The number of carbonyl (C=O) groups is 3. The van der Waals surface area contributed by atoms with Crippen molar-refractivity contribution in [1.82, 2.24) is 15.8 Å². The van der Waals surface area contributed by atoms with Crippen LogP contribution >= 0.6 is 11.8 Å². The molecule has 0 aliphatic carbocycles. The monoisotopic (exact) mass is 397 g/mol. The molecule has 1 fully saturated rings. The van der Waals surface area contributed by atoms with E-state index < -0.39 is 23.4 Å². The van der Waals surface area contributed by atoms with E-state index in [0.717, 1.165) is 15.5 Å². The lowest BCUT2D eigenvalue weighted by atomic mass is 9.87. The van der Waals surface area contributed by atoms with Crippen molar-refractivity contribution in [2.24, 2.45) is 0 Å². The topological polar surface area (TPSA) is 78.5 Å². The highest BCUT2D eigenvalue weighted by atomic mass is 32.2. The molecule has 4 amide bonds. The number of benzene rings is 2. The van der Waals surface area contributed by atoms with Gasteiger partial charge in [0.2, 0.25) is 5.91 Å². The fourth-order valence-electron chi connectivity index (χ4n) is 3.15. The number of nitrogens with one attached hydrogen (secondary N) is 2. The van der Waals surface area contributed by atoms with E-state index in [1.54, 1.807) is 12.1 Å². The van der Waals surface area contributed by atoms with Crippen LogP contribution in [0.3, 0.4) is 0 Å². The van der Waals surface area contributed by atoms with Crippen LogP contribution in [0, 0.1) is 13.8 Å². The number of hydrazine groups is 1. The molecule has 0 bridgehead atoms. The second-order valence-corrected chi connectivity index (χ2v) is 7.81. The molecule has 1 saturated heterocycles. The van der Waals surface area contributed by atoms with Crippen molar-refractivity contribution in [3.05, 3.63) is 65.2 Å². The SMILES string of the molecule is CC[C@@]1(c2ccccc2)NC(=O)N(NC(=O)CSc2ccc(C)c(C)c2)C1=O. The average molecular weight is 398 g/mol. The van der Waals surface area contributed by atoms with Crippen molar-refractivity contribution in [3.8, 4) is 0 Å². The Balaban J connectivity index is 1.68. The molecule has 1 aliphatic heterocycles. The highest BCUT2D eigenvalue weighted by Crippen LogP contribution is 2.31. The van der Waals surface area contributed by atoms with Gasteiger partial charge in [-0.2, -0.15) is 5.01 Å². The second-order valence-electron chi connectivity index (χ2n) is 6.77. The molecule has 1 atom stereocenters. The van der Waals surface area contributed by atoms with Gasteiger partial charge in [-0.15, -0.1) is 11.8 Å². The first-order valence-corrected chi connectivity index (χ1v) is 10.1. The predicted octanol–water partition coefficient (Wildman–Crippen LogP) is 3.28. The van der Waals surface area contributed by atoms with Crippen molar-refractivity contribution in [2.75, 3.05) is 5.75 Å². The minimum absolute atomic E-state index is 0.101. The van der Waals surface area contributed by atoms with Crippen LogP contribution in [0.25, 0.3) is 0 Å². The molecule has 146 valence electrons. The highest BCUT2D eigenvalue weighted by molar-refractivity contribution is 8.00. The van der Waals surface area contributed by atoms with Crippen molar-refractivity contribution in [2.45, 2.75) is 37.6 Å². The van der Waals surface area contributed by atoms with Gasteiger partial charge in [0.1, 0.15) is 5.54 Å². The summed E-state index contributed by atoms with van der Waals surface area (Å²) in [6.45, 7) is 5.87. The first-order valence-electron chi connectivity index (χ1n) is 9.09. The van der Waals surface area contributed by atoms with Gasteiger partial charge in [-0.05, 0) is 49.1 Å². The lowest BCUT2D eigenvalue weighted by Gasteiger charge is -2.25. The first-order chi connectivity index (χ1) is 13.4. The van der Waals surface area contributed by atoms with Gasteiger partial charge in [0.25, 0.3) is 5.91 Å². The zero-order chi connectivity index (χ0) is 20.3. The molecule has 0 unspecified atom stereocenters. The molecule has 7 heteroatoms. The summed E-state index contributed by atoms with van der Waals surface area (Å²) < 4.78 is 0. The molecule has 28 heavy (non-hydrogen) atoms.